The van der Waals surface area contributed by atoms with Crippen molar-refractivity contribution < 1.29 is 19.1 Å². The van der Waals surface area contributed by atoms with Gasteiger partial charge in [0.25, 0.3) is 5.56 Å². The van der Waals surface area contributed by atoms with Crippen molar-refractivity contribution in [2.75, 3.05) is 7.11 Å². The number of rotatable bonds is 3. The second-order valence-electron chi connectivity index (χ2n) is 7.35. The Hall–Kier alpha value is -3.88. The van der Waals surface area contributed by atoms with Crippen molar-refractivity contribution in [3.8, 4) is 11.3 Å². The molecule has 1 amide bonds. The number of carbonyl (C=O) groups is 2. The van der Waals surface area contributed by atoms with Gasteiger partial charge in [-0.25, -0.2) is 14.7 Å². The Morgan fingerprint density at radius 2 is 1.77 bits per heavy atom. The van der Waals surface area contributed by atoms with Crippen molar-refractivity contribution in [2.45, 2.75) is 26.4 Å². The fourth-order valence-corrected chi connectivity index (χ4v) is 2.78. The van der Waals surface area contributed by atoms with Crippen molar-refractivity contribution >= 4 is 28.5 Å². The number of hydrogen-bond acceptors (Lipinski definition) is 7. The van der Waals surface area contributed by atoms with E-state index in [0.29, 0.717) is 22.0 Å². The highest BCUT2D eigenvalue weighted by molar-refractivity contribution is 6.03. The molecule has 3 rings (SSSR count). The van der Waals surface area contributed by atoms with E-state index < -0.39 is 17.7 Å². The lowest BCUT2D eigenvalue weighted by atomic mass is 9.99. The van der Waals surface area contributed by atoms with E-state index in [4.69, 9.17) is 9.47 Å². The van der Waals surface area contributed by atoms with Crippen molar-refractivity contribution in [1.82, 2.24) is 10.2 Å². The normalized spacial score (nSPS) is 11.6. The molecule has 9 heteroatoms. The molecule has 3 aromatic rings. The lowest BCUT2D eigenvalue weighted by Gasteiger charge is -2.16. The molecule has 0 unspecified atom stereocenters. The van der Waals surface area contributed by atoms with Gasteiger partial charge in [0.05, 0.1) is 29.4 Å². The van der Waals surface area contributed by atoms with Gasteiger partial charge < -0.3 is 9.47 Å². The van der Waals surface area contributed by atoms with Gasteiger partial charge in [-0.3, -0.25) is 4.79 Å². The molecule has 2 aromatic carbocycles. The average molecular weight is 408 g/mol. The fourth-order valence-electron chi connectivity index (χ4n) is 2.78. The third kappa shape index (κ3) is 4.57. The van der Waals surface area contributed by atoms with Crippen molar-refractivity contribution in [2.24, 2.45) is 10.2 Å². The molecular formula is C21H20N4O5. The fraction of sp³-hybridized carbons (Fsp3) is 0.238. The summed E-state index contributed by atoms with van der Waals surface area (Å²) in [5, 5.41) is 14.9. The van der Waals surface area contributed by atoms with Crippen LogP contribution in [0.1, 0.15) is 31.1 Å². The van der Waals surface area contributed by atoms with Crippen molar-refractivity contribution in [1.29, 1.82) is 0 Å². The van der Waals surface area contributed by atoms with Crippen LogP contribution in [0.2, 0.25) is 0 Å². The molecule has 30 heavy (non-hydrogen) atoms. The predicted molar refractivity (Wildman–Crippen MR) is 110 cm³/mol. The minimum absolute atomic E-state index is 0.155. The Bertz CT molecular complexity index is 1210. The Balaban J connectivity index is 2.08. The van der Waals surface area contributed by atoms with Crippen LogP contribution in [0.5, 0.6) is 0 Å². The molecule has 0 spiro atoms. The van der Waals surface area contributed by atoms with Crippen LogP contribution in [0.4, 0.5) is 10.5 Å². The van der Waals surface area contributed by atoms with Gasteiger partial charge in [-0.2, -0.15) is 5.10 Å². The first-order valence-corrected chi connectivity index (χ1v) is 9.04. The lowest BCUT2D eigenvalue weighted by Crippen LogP contribution is -2.21. The Labute approximate surface area is 171 Å². The first kappa shape index (κ1) is 20.8. The minimum Gasteiger partial charge on any atom is -0.465 e. The summed E-state index contributed by atoms with van der Waals surface area (Å²) in [6, 6.07) is 11.5. The zero-order valence-corrected chi connectivity index (χ0v) is 16.9. The molecule has 1 aromatic heterocycles. The van der Waals surface area contributed by atoms with Crippen LogP contribution in [0, 0.1) is 0 Å². The Morgan fingerprint density at radius 1 is 1.07 bits per heavy atom. The largest absolute Gasteiger partial charge is 0.465 e. The van der Waals surface area contributed by atoms with E-state index in [-0.39, 0.29) is 16.8 Å². The van der Waals surface area contributed by atoms with Gasteiger partial charge in [0.2, 0.25) is 0 Å². The summed E-state index contributed by atoms with van der Waals surface area (Å²) < 4.78 is 9.95. The molecule has 0 fully saturated rings. The first-order valence-electron chi connectivity index (χ1n) is 9.04. The molecule has 1 heterocycles. The number of amides is 1. The van der Waals surface area contributed by atoms with Gasteiger partial charge in [0.1, 0.15) is 5.60 Å². The number of nitrogens with zero attached hydrogens (tertiary/aromatic N) is 3. The number of H-pyrrole nitrogens is 1. The van der Waals surface area contributed by atoms with Crippen LogP contribution >= 0.6 is 0 Å². The molecule has 154 valence electrons. The molecule has 0 aliphatic rings. The molecule has 0 bridgehead atoms. The average Bonchev–Trinajstić information content (AvgIpc) is 2.71. The van der Waals surface area contributed by atoms with Crippen LogP contribution in [0.15, 0.2) is 57.5 Å². The molecule has 0 saturated heterocycles. The lowest BCUT2D eigenvalue weighted by molar-refractivity contribution is 0.0587. The predicted octanol–water partition coefficient (Wildman–Crippen LogP) is 4.40. The maximum absolute atomic E-state index is 12.4. The Morgan fingerprint density at radius 3 is 2.43 bits per heavy atom. The summed E-state index contributed by atoms with van der Waals surface area (Å²) in [6.45, 7) is 5.14. The molecule has 0 atom stereocenters. The number of esters is 1. The molecule has 1 N–H and O–H groups in total. The third-order valence-electron chi connectivity index (χ3n) is 4.00. The van der Waals surface area contributed by atoms with Crippen LogP contribution in [-0.4, -0.2) is 35.0 Å². The van der Waals surface area contributed by atoms with E-state index in [1.807, 2.05) is 0 Å². The molecule has 0 radical (unpaired) electrons. The summed E-state index contributed by atoms with van der Waals surface area (Å²) in [5.41, 5.74) is 0.207. The maximum atomic E-state index is 12.4. The summed E-state index contributed by atoms with van der Waals surface area (Å²) in [6.07, 6.45) is -0.848. The van der Waals surface area contributed by atoms with E-state index >= 15 is 0 Å². The van der Waals surface area contributed by atoms with Gasteiger partial charge in [0, 0.05) is 10.9 Å². The van der Waals surface area contributed by atoms with E-state index in [2.05, 4.69) is 20.4 Å². The number of fused-ring (bicyclic) bond motifs is 1. The van der Waals surface area contributed by atoms with E-state index in [1.165, 1.54) is 13.2 Å². The number of nitrogens with one attached hydrogen (secondary N) is 1. The van der Waals surface area contributed by atoms with Gasteiger partial charge in [-0.1, -0.05) is 23.3 Å². The van der Waals surface area contributed by atoms with E-state index in [9.17, 15) is 14.4 Å². The number of carbonyl (C=O) groups excluding carboxylic acids is 2. The summed E-state index contributed by atoms with van der Waals surface area (Å²) in [5.74, 6) is -0.628. The molecule has 0 aliphatic carbocycles. The van der Waals surface area contributed by atoms with Crippen molar-refractivity contribution in [3.05, 3.63) is 58.4 Å². The number of benzene rings is 2. The third-order valence-corrected chi connectivity index (χ3v) is 4.00. The molecule has 0 saturated carbocycles. The van der Waals surface area contributed by atoms with E-state index in [0.717, 1.165) is 0 Å². The topological polar surface area (TPSA) is 123 Å². The van der Waals surface area contributed by atoms with Crippen LogP contribution < -0.4 is 5.56 Å². The van der Waals surface area contributed by atoms with Crippen LogP contribution in [-0.2, 0) is 9.47 Å². The second kappa shape index (κ2) is 8.24. The summed E-state index contributed by atoms with van der Waals surface area (Å²) in [7, 11) is 1.25. The van der Waals surface area contributed by atoms with E-state index in [1.54, 1.807) is 57.2 Å². The molecule has 9 nitrogen and oxygen atoms in total. The summed E-state index contributed by atoms with van der Waals surface area (Å²) in [4.78, 5) is 36.2. The standard InChI is InChI=1S/C21H20N4O5/c1-21(2,3)30-20(28)25-22-12-9-10-14(16(11-12)19(27)29-4)17-13-7-5-6-8-15(13)18(26)24-23-17/h5-11H,1-4H3,(H,24,26). The van der Waals surface area contributed by atoms with Crippen LogP contribution in [0.25, 0.3) is 22.0 Å². The number of ether oxygens (including phenoxy) is 2. The number of aromatic amines is 1. The number of hydrogen-bond donors (Lipinski definition) is 1. The zero-order valence-electron chi connectivity index (χ0n) is 16.9. The second-order valence-corrected chi connectivity index (χ2v) is 7.35. The summed E-state index contributed by atoms with van der Waals surface area (Å²) >= 11 is 0. The highest BCUT2D eigenvalue weighted by Crippen LogP contribution is 2.30. The highest BCUT2D eigenvalue weighted by Gasteiger charge is 2.19. The SMILES string of the molecule is COC(=O)c1cc(N=NC(=O)OC(C)(C)C)ccc1-c1n[nH]c(=O)c2ccccc12. The quantitative estimate of drug-likeness (QED) is 0.506. The zero-order chi connectivity index (χ0) is 21.9. The smallest absolute Gasteiger partial charge is 0.452 e. The minimum atomic E-state index is -0.848. The molecular weight excluding hydrogens is 388 g/mol. The van der Waals surface area contributed by atoms with Crippen LogP contribution in [0.3, 0.4) is 0 Å². The van der Waals surface area contributed by atoms with Gasteiger partial charge in [-0.05, 0) is 45.0 Å². The monoisotopic (exact) mass is 408 g/mol. The Kier molecular flexibility index (Phi) is 5.72. The van der Waals surface area contributed by atoms with Gasteiger partial charge in [-0.15, -0.1) is 5.11 Å². The molecule has 0 aliphatic heterocycles. The van der Waals surface area contributed by atoms with Gasteiger partial charge in [0.15, 0.2) is 0 Å². The number of aromatic nitrogens is 2. The number of methoxy groups -OCH3 is 1. The first-order chi connectivity index (χ1) is 14.2. The van der Waals surface area contributed by atoms with Crippen molar-refractivity contribution in [3.63, 3.8) is 0 Å². The highest BCUT2D eigenvalue weighted by atomic mass is 16.6. The number of azo groups is 1. The maximum Gasteiger partial charge on any atom is 0.452 e. The van der Waals surface area contributed by atoms with Gasteiger partial charge >= 0.3 is 12.1 Å².